The number of hydrogen-bond donors (Lipinski definition) is 1. The van der Waals surface area contributed by atoms with Gasteiger partial charge >= 0.3 is 0 Å². The summed E-state index contributed by atoms with van der Waals surface area (Å²) in [6.07, 6.45) is 2.77. The largest absolute Gasteiger partial charge is 0.298 e. The number of thiazole rings is 1. The number of hydrogen-bond acceptors (Lipinski definition) is 5. The lowest BCUT2D eigenvalue weighted by molar-refractivity contribution is 0.102. The van der Waals surface area contributed by atoms with Crippen molar-refractivity contribution in [1.29, 1.82) is 0 Å². The second-order valence-electron chi connectivity index (χ2n) is 7.50. The molecule has 30 heavy (non-hydrogen) atoms. The second kappa shape index (κ2) is 7.85. The van der Waals surface area contributed by atoms with Crippen LogP contribution in [0.1, 0.15) is 35.3 Å². The van der Waals surface area contributed by atoms with Crippen LogP contribution in [0, 0.1) is 0 Å². The number of aromatic nitrogens is 1. The first-order valence-corrected chi connectivity index (χ1v) is 12.5. The highest BCUT2D eigenvalue weighted by molar-refractivity contribution is 7.92. The molecule has 2 aromatic carbocycles. The van der Waals surface area contributed by atoms with Crippen molar-refractivity contribution in [2.75, 3.05) is 15.9 Å². The maximum atomic E-state index is 12.7. The van der Waals surface area contributed by atoms with Crippen LogP contribution in [-0.2, 0) is 22.9 Å². The first-order valence-electron chi connectivity index (χ1n) is 9.75. The molecule has 1 atom stereocenters. The Kier molecular flexibility index (Phi) is 5.38. The first-order chi connectivity index (χ1) is 14.3. The van der Waals surface area contributed by atoms with Crippen molar-refractivity contribution in [1.82, 2.24) is 4.98 Å². The molecule has 3 aromatic rings. The topological polar surface area (TPSA) is 79.4 Å². The summed E-state index contributed by atoms with van der Waals surface area (Å²) in [5.41, 5.74) is 5.09. The van der Waals surface area contributed by atoms with Crippen LogP contribution in [0.4, 0.5) is 10.8 Å². The third kappa shape index (κ3) is 3.97. The minimum absolute atomic E-state index is 0.158. The molecule has 0 saturated heterocycles. The monoisotopic (exact) mass is 441 g/mol. The Morgan fingerprint density at radius 1 is 1.23 bits per heavy atom. The molecule has 6 nitrogen and oxygen atoms in total. The van der Waals surface area contributed by atoms with E-state index >= 15 is 0 Å². The Hall–Kier alpha value is -2.71. The zero-order chi connectivity index (χ0) is 21.5. The van der Waals surface area contributed by atoms with E-state index in [1.165, 1.54) is 27.5 Å². The van der Waals surface area contributed by atoms with Gasteiger partial charge in [-0.15, -0.1) is 11.3 Å². The van der Waals surface area contributed by atoms with E-state index in [2.05, 4.69) is 29.4 Å². The van der Waals surface area contributed by atoms with Crippen LogP contribution in [-0.4, -0.2) is 31.6 Å². The van der Waals surface area contributed by atoms with E-state index in [0.717, 1.165) is 23.2 Å². The normalized spacial score (nSPS) is 15.8. The van der Waals surface area contributed by atoms with E-state index in [9.17, 15) is 13.2 Å². The Morgan fingerprint density at radius 3 is 2.63 bits per heavy atom. The van der Waals surface area contributed by atoms with Crippen LogP contribution in [0.3, 0.4) is 0 Å². The third-order valence-corrected chi connectivity index (χ3v) is 7.26. The summed E-state index contributed by atoms with van der Waals surface area (Å²) >= 11 is 1.38. The quantitative estimate of drug-likeness (QED) is 0.639. The highest BCUT2D eigenvalue weighted by atomic mass is 32.2. The molecule has 0 bridgehead atoms. The zero-order valence-electron chi connectivity index (χ0n) is 17.0. The molecule has 0 fully saturated rings. The van der Waals surface area contributed by atoms with E-state index in [0.29, 0.717) is 22.8 Å². The summed E-state index contributed by atoms with van der Waals surface area (Å²) in [7, 11) is -3.35. The average Bonchev–Trinajstić information content (AvgIpc) is 3.30. The summed E-state index contributed by atoms with van der Waals surface area (Å²) in [4.78, 5) is 17.3. The molecule has 1 N–H and O–H groups in total. The van der Waals surface area contributed by atoms with Crippen molar-refractivity contribution in [3.8, 4) is 11.3 Å². The Balaban J connectivity index is 1.51. The van der Waals surface area contributed by atoms with E-state index in [1.54, 1.807) is 18.2 Å². The zero-order valence-corrected chi connectivity index (χ0v) is 18.7. The van der Waals surface area contributed by atoms with Gasteiger partial charge in [0.2, 0.25) is 10.0 Å². The predicted molar refractivity (Wildman–Crippen MR) is 122 cm³/mol. The van der Waals surface area contributed by atoms with Crippen molar-refractivity contribution in [3.63, 3.8) is 0 Å². The van der Waals surface area contributed by atoms with Crippen LogP contribution in [0.2, 0.25) is 0 Å². The number of fused-ring (bicyclic) bond motifs is 1. The SMILES string of the molecule is CCc1ccc(-c2csc(NC(=O)c3ccc4c(c3)C[C@@H](C)N4S(C)(=O)=O)n2)cc1. The number of nitrogens with zero attached hydrogens (tertiary/aromatic N) is 2. The number of carbonyl (C=O) groups is 1. The fraction of sp³-hybridized carbons (Fsp3) is 0.273. The minimum Gasteiger partial charge on any atom is -0.298 e. The molecule has 1 aromatic heterocycles. The smallest absolute Gasteiger partial charge is 0.257 e. The second-order valence-corrected chi connectivity index (χ2v) is 10.2. The lowest BCUT2D eigenvalue weighted by Crippen LogP contribution is -2.34. The number of carbonyl (C=O) groups excluding carboxylic acids is 1. The molecular formula is C22H23N3O3S2. The van der Waals surface area contributed by atoms with Crippen LogP contribution >= 0.6 is 11.3 Å². The number of nitrogens with one attached hydrogen (secondary N) is 1. The summed E-state index contributed by atoms with van der Waals surface area (Å²) < 4.78 is 25.5. The van der Waals surface area contributed by atoms with Crippen molar-refractivity contribution >= 4 is 38.1 Å². The molecule has 0 spiro atoms. The van der Waals surface area contributed by atoms with Gasteiger partial charge in [0.25, 0.3) is 5.91 Å². The lowest BCUT2D eigenvalue weighted by Gasteiger charge is -2.21. The minimum atomic E-state index is -3.35. The van der Waals surface area contributed by atoms with Crippen LogP contribution in [0.25, 0.3) is 11.3 Å². The van der Waals surface area contributed by atoms with E-state index in [4.69, 9.17) is 0 Å². The fourth-order valence-electron chi connectivity index (χ4n) is 3.79. The molecular weight excluding hydrogens is 418 g/mol. The highest BCUT2D eigenvalue weighted by Crippen LogP contribution is 2.35. The molecule has 4 rings (SSSR count). The Labute approximate surface area is 180 Å². The molecule has 1 amide bonds. The number of rotatable bonds is 5. The summed E-state index contributed by atoms with van der Waals surface area (Å²) in [6, 6.07) is 13.2. The lowest BCUT2D eigenvalue weighted by atomic mass is 10.1. The molecule has 156 valence electrons. The number of amides is 1. The van der Waals surface area contributed by atoms with Crippen molar-refractivity contribution in [3.05, 3.63) is 64.5 Å². The summed E-state index contributed by atoms with van der Waals surface area (Å²) in [6.45, 7) is 3.98. The van der Waals surface area contributed by atoms with Crippen molar-refractivity contribution < 1.29 is 13.2 Å². The molecule has 0 saturated carbocycles. The molecule has 0 unspecified atom stereocenters. The van der Waals surface area contributed by atoms with E-state index in [-0.39, 0.29) is 11.9 Å². The summed E-state index contributed by atoms with van der Waals surface area (Å²) in [5, 5.41) is 5.30. The number of benzene rings is 2. The van der Waals surface area contributed by atoms with Gasteiger partial charge in [0.1, 0.15) is 0 Å². The van der Waals surface area contributed by atoms with Gasteiger partial charge in [-0.1, -0.05) is 31.2 Å². The Bertz CT molecular complexity index is 1200. The van der Waals surface area contributed by atoms with Crippen LogP contribution in [0.15, 0.2) is 47.8 Å². The van der Waals surface area contributed by atoms with E-state index in [1.807, 2.05) is 24.4 Å². The average molecular weight is 442 g/mol. The third-order valence-electron chi connectivity index (χ3n) is 5.23. The predicted octanol–water partition coefficient (Wildman–Crippen LogP) is 4.34. The number of sulfonamides is 1. The van der Waals surface area contributed by atoms with Crippen LogP contribution < -0.4 is 9.62 Å². The first kappa shape index (κ1) is 20.6. The van der Waals surface area contributed by atoms with Gasteiger partial charge in [0.15, 0.2) is 5.13 Å². The molecule has 8 heteroatoms. The molecule has 0 radical (unpaired) electrons. The van der Waals surface area contributed by atoms with Gasteiger partial charge in [-0.3, -0.25) is 14.4 Å². The number of aryl methyl sites for hydroxylation is 1. The fourth-order valence-corrected chi connectivity index (χ4v) is 5.77. The van der Waals surface area contributed by atoms with Crippen molar-refractivity contribution in [2.45, 2.75) is 32.7 Å². The van der Waals surface area contributed by atoms with Gasteiger partial charge in [-0.2, -0.15) is 0 Å². The standard InChI is InChI=1S/C22H23N3O3S2/c1-4-15-5-7-16(8-6-15)19-13-29-22(23-19)24-21(26)17-9-10-20-18(12-17)11-14(2)25(20)30(3,27)28/h5-10,12-14H,4,11H2,1-3H3,(H,23,24,26)/t14-/m1/s1. The molecule has 2 heterocycles. The van der Waals surface area contributed by atoms with Gasteiger partial charge in [0, 0.05) is 22.5 Å². The summed E-state index contributed by atoms with van der Waals surface area (Å²) in [5.74, 6) is -0.259. The molecule has 1 aliphatic rings. The van der Waals surface area contributed by atoms with Crippen molar-refractivity contribution in [2.24, 2.45) is 0 Å². The van der Waals surface area contributed by atoms with Gasteiger partial charge in [-0.25, -0.2) is 13.4 Å². The maximum absolute atomic E-state index is 12.7. The number of anilines is 2. The Morgan fingerprint density at radius 2 is 1.97 bits per heavy atom. The maximum Gasteiger partial charge on any atom is 0.257 e. The highest BCUT2D eigenvalue weighted by Gasteiger charge is 2.32. The van der Waals surface area contributed by atoms with Crippen LogP contribution in [0.5, 0.6) is 0 Å². The molecule has 1 aliphatic heterocycles. The van der Waals surface area contributed by atoms with Gasteiger partial charge < -0.3 is 0 Å². The van der Waals surface area contributed by atoms with Gasteiger partial charge in [0.05, 0.1) is 17.6 Å². The van der Waals surface area contributed by atoms with E-state index < -0.39 is 10.0 Å². The van der Waals surface area contributed by atoms with Gasteiger partial charge in [-0.05, 0) is 49.1 Å². The molecule has 0 aliphatic carbocycles.